The van der Waals surface area contributed by atoms with Crippen LogP contribution in [0.5, 0.6) is 0 Å². The fourth-order valence-corrected chi connectivity index (χ4v) is 4.81. The Morgan fingerprint density at radius 3 is 2.12 bits per heavy atom. The molecule has 1 unspecified atom stereocenters. The first kappa shape index (κ1) is 28.6. The van der Waals surface area contributed by atoms with Gasteiger partial charge in [-0.2, -0.15) is 5.26 Å². The monoisotopic (exact) mass is 571 g/mol. The summed E-state index contributed by atoms with van der Waals surface area (Å²) in [6.07, 6.45) is 0. The molecule has 3 aromatic rings. The van der Waals surface area contributed by atoms with E-state index in [4.69, 9.17) is 26.8 Å². The third kappa shape index (κ3) is 5.14. The van der Waals surface area contributed by atoms with E-state index in [9.17, 15) is 29.5 Å². The Hall–Kier alpha value is -5.40. The smallest absolute Gasteiger partial charge is 0.355 e. The standard InChI is InChI=1S/C30H22ClN3O7/c1-40-29(38)24-23(16-8-4-3-5-9-16)20(15-32)27(33)34(25(24)30(39)41-2)22-14-17(12-13-21(22)31)26(35)18-10-6-7-11-19(18)28(36)37/h3-14,23H,33H2,1-2H3,(H,36,37). The van der Waals surface area contributed by atoms with Crippen LogP contribution in [0, 0.1) is 11.3 Å². The average Bonchev–Trinajstić information content (AvgIpc) is 3.00. The van der Waals surface area contributed by atoms with Crippen LogP contribution in [-0.2, 0) is 19.1 Å². The number of esters is 2. The number of aromatic carboxylic acids is 1. The SMILES string of the molecule is COC(=O)C1=C(C(=O)OC)N(c2cc(C(=O)c3ccccc3C(=O)O)ccc2Cl)C(N)=C(C#N)C1c1ccccc1. The van der Waals surface area contributed by atoms with Gasteiger partial charge >= 0.3 is 17.9 Å². The van der Waals surface area contributed by atoms with Gasteiger partial charge in [-0.3, -0.25) is 9.69 Å². The summed E-state index contributed by atoms with van der Waals surface area (Å²) >= 11 is 6.55. The predicted molar refractivity (Wildman–Crippen MR) is 148 cm³/mol. The Kier molecular flexibility index (Phi) is 8.21. The highest BCUT2D eigenvalue weighted by molar-refractivity contribution is 6.34. The van der Waals surface area contributed by atoms with Gasteiger partial charge in [0.1, 0.15) is 11.5 Å². The molecule has 3 aromatic carbocycles. The van der Waals surface area contributed by atoms with Gasteiger partial charge in [-0.25, -0.2) is 14.4 Å². The maximum Gasteiger partial charge on any atom is 0.355 e. The van der Waals surface area contributed by atoms with E-state index >= 15 is 0 Å². The molecule has 0 bridgehead atoms. The first-order valence-electron chi connectivity index (χ1n) is 12.0. The maximum absolute atomic E-state index is 13.4. The number of nitrogens with zero attached hydrogens (tertiary/aromatic N) is 2. The molecule has 0 spiro atoms. The van der Waals surface area contributed by atoms with Crippen molar-refractivity contribution >= 4 is 41.0 Å². The number of hydrogen-bond donors (Lipinski definition) is 2. The number of hydrogen-bond acceptors (Lipinski definition) is 9. The molecule has 0 aliphatic carbocycles. The van der Waals surface area contributed by atoms with Crippen LogP contribution in [0.2, 0.25) is 5.02 Å². The lowest BCUT2D eigenvalue weighted by atomic mass is 9.81. The molecule has 0 saturated carbocycles. The van der Waals surface area contributed by atoms with Crippen LogP contribution < -0.4 is 10.6 Å². The maximum atomic E-state index is 13.4. The number of carboxylic acids is 1. The van der Waals surface area contributed by atoms with Gasteiger partial charge in [0, 0.05) is 11.1 Å². The van der Waals surface area contributed by atoms with Crippen LogP contribution in [0.3, 0.4) is 0 Å². The lowest BCUT2D eigenvalue weighted by Gasteiger charge is -2.36. The lowest BCUT2D eigenvalue weighted by molar-refractivity contribution is -0.139. The first-order chi connectivity index (χ1) is 19.7. The summed E-state index contributed by atoms with van der Waals surface area (Å²) in [5, 5.41) is 19.8. The molecule has 0 fully saturated rings. The molecule has 10 nitrogen and oxygen atoms in total. The largest absolute Gasteiger partial charge is 0.478 e. The fraction of sp³-hybridized carbons (Fsp3) is 0.100. The number of anilines is 1. The Labute approximate surface area is 239 Å². The Bertz CT molecular complexity index is 1690. The molecule has 1 aliphatic heterocycles. The molecule has 11 heteroatoms. The summed E-state index contributed by atoms with van der Waals surface area (Å²) in [6.45, 7) is 0. The number of nitrogens with two attached hydrogens (primary N) is 1. The van der Waals surface area contributed by atoms with E-state index in [0.717, 1.165) is 19.1 Å². The molecule has 41 heavy (non-hydrogen) atoms. The van der Waals surface area contributed by atoms with E-state index in [1.54, 1.807) is 30.3 Å². The summed E-state index contributed by atoms with van der Waals surface area (Å²) in [6, 6.07) is 20.2. The zero-order valence-electron chi connectivity index (χ0n) is 21.8. The number of halogens is 1. The minimum absolute atomic E-state index is 0.00146. The molecule has 0 radical (unpaired) electrons. The number of ketones is 1. The summed E-state index contributed by atoms with van der Waals surface area (Å²) in [5.74, 6) is -5.20. The van der Waals surface area contributed by atoms with Crippen molar-refractivity contribution in [3.8, 4) is 6.07 Å². The van der Waals surface area contributed by atoms with Gasteiger partial charge in [0.25, 0.3) is 0 Å². The van der Waals surface area contributed by atoms with Crippen LogP contribution >= 0.6 is 11.6 Å². The quantitative estimate of drug-likeness (QED) is 0.311. The Morgan fingerprint density at radius 2 is 1.54 bits per heavy atom. The van der Waals surface area contributed by atoms with Gasteiger partial charge in [0.05, 0.1) is 53.6 Å². The molecule has 0 saturated heterocycles. The molecule has 1 heterocycles. The van der Waals surface area contributed by atoms with Crippen molar-refractivity contribution in [3.63, 3.8) is 0 Å². The zero-order chi connectivity index (χ0) is 29.8. The van der Waals surface area contributed by atoms with Crippen molar-refractivity contribution < 1.29 is 33.8 Å². The van der Waals surface area contributed by atoms with Gasteiger partial charge in [0.2, 0.25) is 0 Å². The van der Waals surface area contributed by atoms with Gasteiger partial charge < -0.3 is 20.3 Å². The Balaban J connectivity index is 2.02. The van der Waals surface area contributed by atoms with E-state index in [1.807, 2.05) is 6.07 Å². The van der Waals surface area contributed by atoms with Crippen molar-refractivity contribution in [2.24, 2.45) is 5.73 Å². The number of allylic oxidation sites excluding steroid dienone is 1. The normalized spacial score (nSPS) is 14.8. The average molecular weight is 572 g/mol. The van der Waals surface area contributed by atoms with E-state index < -0.39 is 29.6 Å². The number of nitriles is 1. The summed E-state index contributed by atoms with van der Waals surface area (Å²) < 4.78 is 10.0. The van der Waals surface area contributed by atoms with Crippen molar-refractivity contribution in [2.75, 3.05) is 19.1 Å². The van der Waals surface area contributed by atoms with Crippen LogP contribution in [0.4, 0.5) is 5.69 Å². The molecule has 1 aliphatic rings. The summed E-state index contributed by atoms with van der Waals surface area (Å²) in [5.41, 5.74) is 5.96. The van der Waals surface area contributed by atoms with E-state index in [1.165, 1.54) is 42.5 Å². The van der Waals surface area contributed by atoms with E-state index in [2.05, 4.69) is 0 Å². The number of carbonyl (C=O) groups excluding carboxylic acids is 3. The van der Waals surface area contributed by atoms with Crippen LogP contribution in [0.1, 0.15) is 37.8 Å². The number of benzene rings is 3. The number of rotatable bonds is 7. The fourth-order valence-electron chi connectivity index (χ4n) is 4.61. The molecular weight excluding hydrogens is 550 g/mol. The van der Waals surface area contributed by atoms with Crippen LogP contribution in [0.15, 0.2) is 95.5 Å². The lowest BCUT2D eigenvalue weighted by Crippen LogP contribution is -2.41. The van der Waals surface area contributed by atoms with Crippen molar-refractivity contribution in [3.05, 3.63) is 123 Å². The molecule has 4 rings (SSSR count). The van der Waals surface area contributed by atoms with Crippen LogP contribution in [-0.4, -0.2) is 43.0 Å². The van der Waals surface area contributed by atoms with E-state index in [-0.39, 0.29) is 50.1 Å². The molecule has 0 aromatic heterocycles. The second-order valence-corrected chi connectivity index (χ2v) is 9.09. The van der Waals surface area contributed by atoms with Crippen molar-refractivity contribution in [1.29, 1.82) is 5.26 Å². The van der Waals surface area contributed by atoms with Crippen molar-refractivity contribution in [2.45, 2.75) is 5.92 Å². The Morgan fingerprint density at radius 1 is 0.927 bits per heavy atom. The second kappa shape index (κ2) is 11.8. The molecular formula is C30H22ClN3O7. The highest BCUT2D eigenvalue weighted by Crippen LogP contribution is 2.45. The topological polar surface area (TPSA) is 160 Å². The number of carbonyl (C=O) groups is 4. The number of ether oxygens (including phenoxy) is 2. The molecule has 1 atom stereocenters. The first-order valence-corrected chi connectivity index (χ1v) is 12.4. The predicted octanol–water partition coefficient (Wildman–Crippen LogP) is 4.17. The minimum atomic E-state index is -1.30. The van der Waals surface area contributed by atoms with Gasteiger partial charge in [-0.15, -0.1) is 0 Å². The van der Waals surface area contributed by atoms with E-state index in [0.29, 0.717) is 5.56 Å². The highest BCUT2D eigenvalue weighted by atomic mass is 35.5. The highest BCUT2D eigenvalue weighted by Gasteiger charge is 2.43. The van der Waals surface area contributed by atoms with Gasteiger partial charge in [-0.1, -0.05) is 60.1 Å². The van der Waals surface area contributed by atoms with Crippen molar-refractivity contribution in [1.82, 2.24) is 0 Å². The van der Waals surface area contributed by atoms with Gasteiger partial charge in [0.15, 0.2) is 5.78 Å². The number of carboxylic acid groups (broad SMARTS) is 1. The summed E-state index contributed by atoms with van der Waals surface area (Å²) in [4.78, 5) is 52.8. The molecule has 206 valence electrons. The zero-order valence-corrected chi connectivity index (χ0v) is 22.5. The number of methoxy groups -OCH3 is 2. The molecule has 0 amide bonds. The third-order valence-corrected chi connectivity index (χ3v) is 6.78. The van der Waals surface area contributed by atoms with Crippen LogP contribution in [0.25, 0.3) is 0 Å². The minimum Gasteiger partial charge on any atom is -0.478 e. The summed E-state index contributed by atoms with van der Waals surface area (Å²) in [7, 11) is 2.22. The third-order valence-electron chi connectivity index (χ3n) is 6.46. The second-order valence-electron chi connectivity index (χ2n) is 8.68. The van der Waals surface area contributed by atoms with Gasteiger partial charge in [-0.05, 0) is 29.8 Å². The molecule has 3 N–H and O–H groups in total.